The number of nitrogens with zero attached hydrogens (tertiary/aromatic N) is 2. The average Bonchev–Trinajstić information content (AvgIpc) is 3.16. The molecular formula is C19H18BrN3O2. The van der Waals surface area contributed by atoms with E-state index in [-0.39, 0.29) is 11.9 Å². The van der Waals surface area contributed by atoms with Crippen LogP contribution in [0.25, 0.3) is 5.69 Å². The molecule has 1 atom stereocenters. The number of hydrogen-bond donors (Lipinski definition) is 1. The van der Waals surface area contributed by atoms with Crippen LogP contribution < -0.4 is 10.1 Å². The van der Waals surface area contributed by atoms with Gasteiger partial charge in [-0.25, -0.2) is 4.98 Å². The van der Waals surface area contributed by atoms with Crippen molar-refractivity contribution >= 4 is 21.8 Å². The zero-order valence-electron chi connectivity index (χ0n) is 13.9. The van der Waals surface area contributed by atoms with Crippen molar-refractivity contribution in [3.8, 4) is 11.4 Å². The van der Waals surface area contributed by atoms with Crippen LogP contribution in [0.1, 0.15) is 28.9 Å². The summed E-state index contributed by atoms with van der Waals surface area (Å²) < 4.78 is 7.87. The molecule has 0 fully saturated rings. The van der Waals surface area contributed by atoms with Gasteiger partial charge in [0.25, 0.3) is 5.91 Å². The van der Waals surface area contributed by atoms with E-state index in [4.69, 9.17) is 4.74 Å². The van der Waals surface area contributed by atoms with Crippen molar-refractivity contribution in [1.82, 2.24) is 14.9 Å². The number of carbonyl (C=O) groups excluding carboxylic acids is 1. The minimum absolute atomic E-state index is 0.106. The number of hydrogen-bond acceptors (Lipinski definition) is 3. The van der Waals surface area contributed by atoms with Crippen LogP contribution in [0.3, 0.4) is 0 Å². The Kier molecular flexibility index (Phi) is 5.19. The monoisotopic (exact) mass is 399 g/mol. The van der Waals surface area contributed by atoms with Gasteiger partial charge in [0, 0.05) is 23.6 Å². The van der Waals surface area contributed by atoms with Gasteiger partial charge in [-0.1, -0.05) is 12.1 Å². The van der Waals surface area contributed by atoms with Crippen LogP contribution in [0.15, 0.2) is 65.7 Å². The molecule has 6 heteroatoms. The highest BCUT2D eigenvalue weighted by atomic mass is 79.9. The third kappa shape index (κ3) is 3.91. The van der Waals surface area contributed by atoms with Crippen LogP contribution in [0.4, 0.5) is 0 Å². The van der Waals surface area contributed by atoms with Gasteiger partial charge < -0.3 is 14.6 Å². The Hall–Kier alpha value is -2.60. The van der Waals surface area contributed by atoms with Crippen molar-refractivity contribution in [3.05, 3.63) is 76.8 Å². The number of rotatable bonds is 5. The van der Waals surface area contributed by atoms with Gasteiger partial charge >= 0.3 is 0 Å². The highest BCUT2D eigenvalue weighted by Gasteiger charge is 2.13. The molecule has 0 saturated heterocycles. The lowest BCUT2D eigenvalue weighted by molar-refractivity contribution is 0.0940. The van der Waals surface area contributed by atoms with Crippen molar-refractivity contribution < 1.29 is 9.53 Å². The molecule has 0 aliphatic heterocycles. The highest BCUT2D eigenvalue weighted by molar-refractivity contribution is 9.10. The second kappa shape index (κ2) is 7.53. The summed E-state index contributed by atoms with van der Waals surface area (Å²) in [6.45, 7) is 1.96. The van der Waals surface area contributed by atoms with Crippen molar-refractivity contribution in [3.63, 3.8) is 0 Å². The second-order valence-electron chi connectivity index (χ2n) is 5.61. The minimum Gasteiger partial charge on any atom is -0.496 e. The van der Waals surface area contributed by atoms with Gasteiger partial charge in [0.2, 0.25) is 0 Å². The first-order valence-electron chi connectivity index (χ1n) is 7.81. The summed E-state index contributed by atoms with van der Waals surface area (Å²) in [4.78, 5) is 16.5. The molecule has 0 unspecified atom stereocenters. The van der Waals surface area contributed by atoms with Crippen LogP contribution in [-0.2, 0) is 0 Å². The van der Waals surface area contributed by atoms with E-state index < -0.39 is 0 Å². The molecule has 3 aromatic rings. The predicted octanol–water partition coefficient (Wildman–Crippen LogP) is 4.13. The topological polar surface area (TPSA) is 56.1 Å². The second-order valence-corrected chi connectivity index (χ2v) is 6.46. The van der Waals surface area contributed by atoms with Crippen molar-refractivity contribution in [2.45, 2.75) is 13.0 Å². The number of amides is 1. The Bertz CT molecular complexity index is 861. The fraction of sp³-hybridized carbons (Fsp3) is 0.158. The molecule has 0 bridgehead atoms. The molecule has 1 heterocycles. The van der Waals surface area contributed by atoms with E-state index >= 15 is 0 Å². The van der Waals surface area contributed by atoms with E-state index in [2.05, 4.69) is 26.2 Å². The molecule has 1 N–H and O–H groups in total. The molecule has 128 valence electrons. The normalized spacial score (nSPS) is 11.8. The smallest absolute Gasteiger partial charge is 0.251 e. The summed E-state index contributed by atoms with van der Waals surface area (Å²) >= 11 is 3.40. The SMILES string of the molecule is COc1ccc(C(=O)N[C@H](C)c2ccc(-n3ccnc3)cc2)cc1Br. The van der Waals surface area contributed by atoms with Crippen molar-refractivity contribution in [2.24, 2.45) is 0 Å². The summed E-state index contributed by atoms with van der Waals surface area (Å²) in [7, 11) is 1.59. The number of aromatic nitrogens is 2. The van der Waals surface area contributed by atoms with Gasteiger partial charge in [-0.2, -0.15) is 0 Å². The number of carbonyl (C=O) groups is 1. The summed E-state index contributed by atoms with van der Waals surface area (Å²) in [6, 6.07) is 13.2. The first kappa shape index (κ1) is 17.2. The average molecular weight is 400 g/mol. The van der Waals surface area contributed by atoms with Gasteiger partial charge in [0.05, 0.1) is 24.0 Å². The largest absolute Gasteiger partial charge is 0.496 e. The minimum atomic E-state index is -0.130. The molecule has 25 heavy (non-hydrogen) atoms. The predicted molar refractivity (Wildman–Crippen MR) is 100 cm³/mol. The molecule has 5 nitrogen and oxygen atoms in total. The van der Waals surface area contributed by atoms with Gasteiger partial charge in [0.1, 0.15) is 5.75 Å². The summed E-state index contributed by atoms with van der Waals surface area (Å²) in [5.74, 6) is 0.564. The highest BCUT2D eigenvalue weighted by Crippen LogP contribution is 2.26. The number of benzene rings is 2. The fourth-order valence-electron chi connectivity index (χ4n) is 2.52. The standard InChI is InChI=1S/C19H18BrN3O2/c1-13(14-3-6-16(7-4-14)23-10-9-21-12-23)22-19(24)15-5-8-18(25-2)17(20)11-15/h3-13H,1-2H3,(H,22,24)/t13-/m1/s1. The molecule has 0 saturated carbocycles. The lowest BCUT2D eigenvalue weighted by Crippen LogP contribution is -2.26. The first-order valence-corrected chi connectivity index (χ1v) is 8.60. The van der Waals surface area contributed by atoms with E-state index in [0.717, 1.165) is 15.7 Å². The Labute approximate surface area is 154 Å². The molecule has 0 aliphatic rings. The lowest BCUT2D eigenvalue weighted by Gasteiger charge is -2.15. The van der Waals surface area contributed by atoms with Gasteiger partial charge in [-0.3, -0.25) is 4.79 Å². The Balaban J connectivity index is 1.70. The Morgan fingerprint density at radius 1 is 1.24 bits per heavy atom. The quantitative estimate of drug-likeness (QED) is 0.701. The molecule has 3 rings (SSSR count). The summed E-state index contributed by atoms with van der Waals surface area (Å²) in [5.41, 5.74) is 2.64. The van der Waals surface area contributed by atoms with Crippen LogP contribution in [0.5, 0.6) is 5.75 Å². The van der Waals surface area contributed by atoms with Gasteiger partial charge in [-0.15, -0.1) is 0 Å². The fourth-order valence-corrected chi connectivity index (χ4v) is 3.06. The number of nitrogens with one attached hydrogen (secondary N) is 1. The molecule has 1 amide bonds. The lowest BCUT2D eigenvalue weighted by atomic mass is 10.1. The van der Waals surface area contributed by atoms with Crippen LogP contribution in [0.2, 0.25) is 0 Å². The van der Waals surface area contributed by atoms with E-state index in [1.54, 1.807) is 37.8 Å². The maximum atomic E-state index is 12.4. The maximum Gasteiger partial charge on any atom is 0.251 e. The molecule has 0 radical (unpaired) electrons. The number of halogens is 1. The Morgan fingerprint density at radius 3 is 2.60 bits per heavy atom. The molecule has 0 aliphatic carbocycles. The summed E-state index contributed by atoms with van der Waals surface area (Å²) in [5, 5.41) is 3.01. The van der Waals surface area contributed by atoms with E-state index in [9.17, 15) is 4.79 Å². The van der Waals surface area contributed by atoms with Crippen molar-refractivity contribution in [2.75, 3.05) is 7.11 Å². The first-order chi connectivity index (χ1) is 12.1. The summed E-state index contributed by atoms with van der Waals surface area (Å²) in [6.07, 6.45) is 5.38. The number of imidazole rings is 1. The van der Waals surface area contributed by atoms with E-state index in [0.29, 0.717) is 11.3 Å². The molecule has 0 spiro atoms. The Morgan fingerprint density at radius 2 is 2.00 bits per heavy atom. The number of ether oxygens (including phenoxy) is 1. The van der Waals surface area contributed by atoms with Gasteiger partial charge in [-0.05, 0) is 58.7 Å². The van der Waals surface area contributed by atoms with Gasteiger partial charge in [0.15, 0.2) is 0 Å². The van der Waals surface area contributed by atoms with Crippen LogP contribution in [-0.4, -0.2) is 22.6 Å². The molecular weight excluding hydrogens is 382 g/mol. The van der Waals surface area contributed by atoms with Crippen LogP contribution >= 0.6 is 15.9 Å². The third-order valence-electron chi connectivity index (χ3n) is 3.96. The zero-order valence-corrected chi connectivity index (χ0v) is 15.5. The zero-order chi connectivity index (χ0) is 17.8. The van der Waals surface area contributed by atoms with E-state index in [1.807, 2.05) is 42.0 Å². The van der Waals surface area contributed by atoms with Crippen LogP contribution in [0, 0.1) is 0 Å². The number of methoxy groups -OCH3 is 1. The maximum absolute atomic E-state index is 12.4. The molecule has 2 aromatic carbocycles. The van der Waals surface area contributed by atoms with Crippen molar-refractivity contribution in [1.29, 1.82) is 0 Å². The molecule has 1 aromatic heterocycles. The third-order valence-corrected chi connectivity index (χ3v) is 4.58. The van der Waals surface area contributed by atoms with E-state index in [1.165, 1.54) is 0 Å².